The lowest BCUT2D eigenvalue weighted by molar-refractivity contribution is 0.797. The van der Waals surface area contributed by atoms with Gasteiger partial charge >= 0.3 is 0 Å². The van der Waals surface area contributed by atoms with Crippen LogP contribution in [-0.4, -0.2) is 20.3 Å². The summed E-state index contributed by atoms with van der Waals surface area (Å²) in [7, 11) is 0. The van der Waals surface area contributed by atoms with E-state index >= 15 is 0 Å². The zero-order chi connectivity index (χ0) is 11.5. The first kappa shape index (κ1) is 11.8. The summed E-state index contributed by atoms with van der Waals surface area (Å²) < 4.78 is 2.88. The van der Waals surface area contributed by atoms with Gasteiger partial charge in [-0.25, -0.2) is 4.68 Å². The van der Waals surface area contributed by atoms with Crippen LogP contribution < -0.4 is 0 Å². The van der Waals surface area contributed by atoms with E-state index in [0.29, 0.717) is 0 Å². The second kappa shape index (κ2) is 5.10. The van der Waals surface area contributed by atoms with Crippen molar-refractivity contribution in [1.82, 2.24) is 15.0 Å². The van der Waals surface area contributed by atoms with Gasteiger partial charge in [0.25, 0.3) is 0 Å². The normalized spacial score (nSPS) is 10.7. The Balaban J connectivity index is 2.31. The molecule has 3 nitrogen and oxygen atoms in total. The van der Waals surface area contributed by atoms with Crippen LogP contribution in [0.3, 0.4) is 0 Å². The Morgan fingerprint density at radius 3 is 2.88 bits per heavy atom. The second-order valence-electron chi connectivity index (χ2n) is 3.53. The van der Waals surface area contributed by atoms with Gasteiger partial charge in [0.2, 0.25) is 0 Å². The topological polar surface area (TPSA) is 30.7 Å². The van der Waals surface area contributed by atoms with Gasteiger partial charge in [0, 0.05) is 16.2 Å². The van der Waals surface area contributed by atoms with Crippen molar-refractivity contribution in [3.05, 3.63) is 40.1 Å². The van der Waals surface area contributed by atoms with Crippen LogP contribution in [0.1, 0.15) is 11.3 Å². The van der Waals surface area contributed by atoms with Crippen molar-refractivity contribution < 1.29 is 0 Å². The highest BCUT2D eigenvalue weighted by atomic mass is 79.9. The summed E-state index contributed by atoms with van der Waals surface area (Å²) in [5, 5.41) is 9.11. The van der Waals surface area contributed by atoms with Crippen LogP contribution in [0.4, 0.5) is 0 Å². The van der Waals surface area contributed by atoms with Crippen molar-refractivity contribution in [1.29, 1.82) is 0 Å². The molecule has 5 heteroatoms. The van der Waals surface area contributed by atoms with Crippen LogP contribution in [0.2, 0.25) is 0 Å². The summed E-state index contributed by atoms with van der Waals surface area (Å²) >= 11 is 6.90. The second-order valence-corrected chi connectivity index (χ2v) is 5.17. The maximum absolute atomic E-state index is 4.10. The summed E-state index contributed by atoms with van der Waals surface area (Å²) in [6.45, 7) is 2.06. The Morgan fingerprint density at radius 1 is 1.38 bits per heavy atom. The van der Waals surface area contributed by atoms with Crippen LogP contribution in [0.15, 0.2) is 28.9 Å². The summed E-state index contributed by atoms with van der Waals surface area (Å²) in [4.78, 5) is 0. The SMILES string of the molecule is Cc1ccc(-n2cc(CCBr)nn2)cc1Br. The highest BCUT2D eigenvalue weighted by Gasteiger charge is 2.03. The van der Waals surface area contributed by atoms with Gasteiger partial charge in [0.1, 0.15) is 0 Å². The van der Waals surface area contributed by atoms with Gasteiger partial charge in [-0.15, -0.1) is 5.10 Å². The molecular formula is C11H11Br2N3. The predicted octanol–water partition coefficient (Wildman–Crippen LogP) is 3.28. The average molecular weight is 345 g/mol. The standard InChI is InChI=1S/C11H11Br2N3/c1-8-2-3-10(6-11(8)13)16-7-9(4-5-12)14-15-16/h2-3,6-7H,4-5H2,1H3. The zero-order valence-corrected chi connectivity index (χ0v) is 12.0. The highest BCUT2D eigenvalue weighted by molar-refractivity contribution is 9.10. The van der Waals surface area contributed by atoms with Crippen LogP contribution in [-0.2, 0) is 6.42 Å². The van der Waals surface area contributed by atoms with Crippen LogP contribution in [0.5, 0.6) is 0 Å². The Morgan fingerprint density at radius 2 is 2.19 bits per heavy atom. The van der Waals surface area contributed by atoms with E-state index < -0.39 is 0 Å². The minimum Gasteiger partial charge on any atom is -0.220 e. The average Bonchev–Trinajstić information content (AvgIpc) is 2.71. The van der Waals surface area contributed by atoms with Gasteiger partial charge in [-0.05, 0) is 24.6 Å². The van der Waals surface area contributed by atoms with Gasteiger partial charge < -0.3 is 0 Å². The zero-order valence-electron chi connectivity index (χ0n) is 8.82. The van der Waals surface area contributed by atoms with Crippen LogP contribution in [0.25, 0.3) is 5.69 Å². The molecule has 0 amide bonds. The molecule has 1 aromatic heterocycles. The number of rotatable bonds is 3. The van der Waals surface area contributed by atoms with E-state index in [1.165, 1.54) is 5.56 Å². The molecule has 0 aliphatic carbocycles. The minimum absolute atomic E-state index is 0.896. The van der Waals surface area contributed by atoms with Crippen molar-refractivity contribution in [3.63, 3.8) is 0 Å². The third-order valence-electron chi connectivity index (χ3n) is 2.31. The molecule has 0 saturated carbocycles. The van der Waals surface area contributed by atoms with E-state index in [9.17, 15) is 0 Å². The molecular weight excluding hydrogens is 334 g/mol. The van der Waals surface area contributed by atoms with E-state index in [0.717, 1.165) is 27.6 Å². The molecule has 0 fully saturated rings. The summed E-state index contributed by atoms with van der Waals surface area (Å²) in [6.07, 6.45) is 2.85. The number of aromatic nitrogens is 3. The van der Waals surface area contributed by atoms with Crippen molar-refractivity contribution in [2.75, 3.05) is 5.33 Å². The number of nitrogens with zero attached hydrogens (tertiary/aromatic N) is 3. The first-order valence-electron chi connectivity index (χ1n) is 4.94. The lowest BCUT2D eigenvalue weighted by Gasteiger charge is -2.02. The smallest absolute Gasteiger partial charge is 0.0840 e. The molecule has 0 spiro atoms. The lowest BCUT2D eigenvalue weighted by Crippen LogP contribution is -1.95. The van der Waals surface area contributed by atoms with Crippen molar-refractivity contribution >= 4 is 31.9 Å². The largest absolute Gasteiger partial charge is 0.220 e. The predicted molar refractivity (Wildman–Crippen MR) is 71.3 cm³/mol. The number of halogens is 2. The quantitative estimate of drug-likeness (QED) is 0.800. The van der Waals surface area contributed by atoms with Gasteiger partial charge in [-0.3, -0.25) is 0 Å². The summed E-state index contributed by atoms with van der Waals surface area (Å²) in [6, 6.07) is 6.14. The molecule has 0 aliphatic heterocycles. The molecule has 1 heterocycles. The van der Waals surface area contributed by atoms with E-state index in [-0.39, 0.29) is 0 Å². The molecule has 0 aliphatic rings. The number of aryl methyl sites for hydroxylation is 2. The van der Waals surface area contributed by atoms with E-state index in [4.69, 9.17) is 0 Å². The molecule has 16 heavy (non-hydrogen) atoms. The van der Waals surface area contributed by atoms with Gasteiger partial charge in [-0.1, -0.05) is 43.1 Å². The monoisotopic (exact) mass is 343 g/mol. The summed E-state index contributed by atoms with van der Waals surface area (Å²) in [5.41, 5.74) is 3.23. The van der Waals surface area contributed by atoms with Crippen LogP contribution in [0, 0.1) is 6.92 Å². The molecule has 1 aromatic carbocycles. The maximum atomic E-state index is 4.10. The van der Waals surface area contributed by atoms with Crippen LogP contribution >= 0.6 is 31.9 Å². The molecule has 2 aromatic rings. The lowest BCUT2D eigenvalue weighted by atomic mass is 10.2. The molecule has 84 valence electrons. The van der Waals surface area contributed by atoms with Gasteiger partial charge in [0.05, 0.1) is 17.6 Å². The van der Waals surface area contributed by atoms with Crippen molar-refractivity contribution in [3.8, 4) is 5.69 Å². The van der Waals surface area contributed by atoms with E-state index in [2.05, 4.69) is 55.2 Å². The fourth-order valence-electron chi connectivity index (χ4n) is 1.36. The Labute approximate surface area is 111 Å². The number of alkyl halides is 1. The molecule has 0 saturated heterocycles. The molecule has 0 N–H and O–H groups in total. The first-order chi connectivity index (χ1) is 7.70. The highest BCUT2D eigenvalue weighted by Crippen LogP contribution is 2.19. The fraction of sp³-hybridized carbons (Fsp3) is 0.273. The fourth-order valence-corrected chi connectivity index (χ4v) is 2.13. The van der Waals surface area contributed by atoms with E-state index in [1.807, 2.05) is 18.3 Å². The maximum Gasteiger partial charge on any atom is 0.0840 e. The molecule has 0 radical (unpaired) electrons. The first-order valence-corrected chi connectivity index (χ1v) is 6.86. The molecule has 0 unspecified atom stereocenters. The Hall–Kier alpha value is -0.680. The summed E-state index contributed by atoms with van der Waals surface area (Å²) in [5.74, 6) is 0. The van der Waals surface area contributed by atoms with E-state index in [1.54, 1.807) is 4.68 Å². The van der Waals surface area contributed by atoms with Gasteiger partial charge in [-0.2, -0.15) is 0 Å². The molecule has 0 bridgehead atoms. The Kier molecular flexibility index (Phi) is 3.76. The Bertz CT molecular complexity index is 494. The number of benzene rings is 1. The van der Waals surface area contributed by atoms with Gasteiger partial charge in [0.15, 0.2) is 0 Å². The number of hydrogen-bond donors (Lipinski definition) is 0. The molecule has 2 rings (SSSR count). The third-order valence-corrected chi connectivity index (χ3v) is 3.56. The number of hydrogen-bond acceptors (Lipinski definition) is 2. The minimum atomic E-state index is 0.896. The van der Waals surface area contributed by atoms with Crippen molar-refractivity contribution in [2.24, 2.45) is 0 Å². The third kappa shape index (κ3) is 2.52. The molecule has 0 atom stereocenters. The van der Waals surface area contributed by atoms with Crippen molar-refractivity contribution in [2.45, 2.75) is 13.3 Å².